The second kappa shape index (κ2) is 8.18. The minimum atomic E-state index is -0.504. The lowest BCUT2D eigenvalue weighted by Gasteiger charge is -2.26. The van der Waals surface area contributed by atoms with Crippen LogP contribution < -0.4 is 15.0 Å². The molecule has 2 aromatic rings. The number of aryl methyl sites for hydroxylation is 1. The summed E-state index contributed by atoms with van der Waals surface area (Å²) in [5, 5.41) is 2.87. The van der Waals surface area contributed by atoms with Crippen molar-refractivity contribution in [3.63, 3.8) is 0 Å². The maximum Gasteiger partial charge on any atom is 0.256 e. The Morgan fingerprint density at radius 2 is 2.00 bits per heavy atom. The Balaban J connectivity index is 1.57. The fourth-order valence-corrected chi connectivity index (χ4v) is 4.24. The predicted molar refractivity (Wildman–Crippen MR) is 112 cm³/mol. The monoisotopic (exact) mass is 407 g/mol. The smallest absolute Gasteiger partial charge is 0.256 e. The van der Waals surface area contributed by atoms with Gasteiger partial charge in [0.2, 0.25) is 11.8 Å². The fraction of sp³-hybridized carbons (Fsp3) is 0.348. The molecule has 0 bridgehead atoms. The minimum absolute atomic E-state index is 0.127. The molecule has 7 nitrogen and oxygen atoms in total. The van der Waals surface area contributed by atoms with E-state index in [1.54, 1.807) is 18.1 Å². The molecule has 0 saturated carbocycles. The number of para-hydroxylation sites is 1. The highest BCUT2D eigenvalue weighted by molar-refractivity contribution is 6.13. The van der Waals surface area contributed by atoms with Crippen LogP contribution in [0, 0.1) is 6.92 Å². The van der Waals surface area contributed by atoms with Crippen molar-refractivity contribution in [1.82, 2.24) is 10.2 Å². The van der Waals surface area contributed by atoms with Crippen LogP contribution in [0.3, 0.4) is 0 Å². The van der Waals surface area contributed by atoms with Crippen LogP contribution in [0.25, 0.3) is 0 Å². The molecule has 3 amide bonds. The third kappa shape index (κ3) is 3.63. The summed E-state index contributed by atoms with van der Waals surface area (Å²) in [6, 6.07) is 12.4. The van der Waals surface area contributed by atoms with Crippen molar-refractivity contribution in [2.75, 3.05) is 25.1 Å². The van der Waals surface area contributed by atoms with E-state index >= 15 is 0 Å². The maximum atomic E-state index is 13.3. The van der Waals surface area contributed by atoms with Crippen LogP contribution in [0.15, 0.2) is 42.5 Å². The van der Waals surface area contributed by atoms with Gasteiger partial charge in [0, 0.05) is 13.1 Å². The van der Waals surface area contributed by atoms with E-state index < -0.39 is 6.04 Å². The zero-order chi connectivity index (χ0) is 21.3. The quantitative estimate of drug-likeness (QED) is 0.825. The molecule has 2 aliphatic heterocycles. The molecule has 30 heavy (non-hydrogen) atoms. The van der Waals surface area contributed by atoms with Gasteiger partial charge in [0.25, 0.3) is 5.91 Å². The first-order valence-corrected chi connectivity index (χ1v) is 10.1. The molecule has 1 unspecified atom stereocenters. The summed E-state index contributed by atoms with van der Waals surface area (Å²) < 4.78 is 5.21. The summed E-state index contributed by atoms with van der Waals surface area (Å²) in [4.78, 5) is 42.3. The van der Waals surface area contributed by atoms with Crippen molar-refractivity contribution in [2.24, 2.45) is 0 Å². The van der Waals surface area contributed by atoms with E-state index in [0.29, 0.717) is 36.5 Å². The number of benzene rings is 2. The van der Waals surface area contributed by atoms with Crippen molar-refractivity contribution in [3.05, 3.63) is 59.2 Å². The highest BCUT2D eigenvalue weighted by Gasteiger charge is 2.42. The average Bonchev–Trinajstić information content (AvgIpc) is 3.22. The first-order chi connectivity index (χ1) is 14.5. The van der Waals surface area contributed by atoms with Crippen LogP contribution in [0.1, 0.15) is 34.3 Å². The number of nitrogens with one attached hydrogen (secondary N) is 1. The number of anilines is 1. The molecule has 7 heteroatoms. The standard InChI is InChI=1S/C23H25N3O4/c1-15-6-3-9-18-21(15)26(23(29)19-10-5-11-25(19)22(18)28)14-20(27)24-13-16-7-4-8-17(12-16)30-2/h3-4,6-9,12,19H,5,10-11,13-14H2,1-2H3,(H,24,27). The Bertz CT molecular complexity index is 1000. The number of fused-ring (bicyclic) bond motifs is 2. The van der Waals surface area contributed by atoms with Gasteiger partial charge in [-0.15, -0.1) is 0 Å². The summed E-state index contributed by atoms with van der Waals surface area (Å²) >= 11 is 0. The Hall–Kier alpha value is -3.35. The lowest BCUT2D eigenvalue weighted by Crippen LogP contribution is -2.48. The molecule has 2 aromatic carbocycles. The van der Waals surface area contributed by atoms with Gasteiger partial charge in [-0.25, -0.2) is 0 Å². The lowest BCUT2D eigenvalue weighted by atomic mass is 10.1. The highest BCUT2D eigenvalue weighted by Crippen LogP contribution is 2.34. The fourth-order valence-electron chi connectivity index (χ4n) is 4.24. The zero-order valence-corrected chi connectivity index (χ0v) is 17.2. The number of carbonyl (C=O) groups is 3. The van der Waals surface area contributed by atoms with Crippen molar-refractivity contribution in [3.8, 4) is 5.75 Å². The Morgan fingerprint density at radius 3 is 2.80 bits per heavy atom. The predicted octanol–water partition coefficient (Wildman–Crippen LogP) is 2.27. The van der Waals surface area contributed by atoms with E-state index in [-0.39, 0.29) is 24.3 Å². The van der Waals surface area contributed by atoms with Crippen LogP contribution in [-0.4, -0.2) is 48.9 Å². The SMILES string of the molecule is COc1cccc(CNC(=O)CN2C(=O)C3CCCN3C(=O)c3cccc(C)c32)c1. The summed E-state index contributed by atoms with van der Waals surface area (Å²) in [5.74, 6) is 0.113. The van der Waals surface area contributed by atoms with E-state index in [4.69, 9.17) is 4.74 Å². The summed E-state index contributed by atoms with van der Waals surface area (Å²) in [5.41, 5.74) is 2.72. The average molecular weight is 407 g/mol. The Labute approximate surface area is 175 Å². The maximum absolute atomic E-state index is 13.3. The van der Waals surface area contributed by atoms with Gasteiger partial charge in [0.05, 0.1) is 18.4 Å². The molecule has 4 rings (SSSR count). The third-order valence-electron chi connectivity index (χ3n) is 5.73. The number of amides is 3. The molecule has 156 valence electrons. The van der Waals surface area contributed by atoms with Gasteiger partial charge in [-0.05, 0) is 49.1 Å². The highest BCUT2D eigenvalue weighted by atomic mass is 16.5. The van der Waals surface area contributed by atoms with Crippen molar-refractivity contribution < 1.29 is 19.1 Å². The Morgan fingerprint density at radius 1 is 1.20 bits per heavy atom. The normalized spacial score (nSPS) is 18.0. The van der Waals surface area contributed by atoms with Gasteiger partial charge in [-0.1, -0.05) is 24.3 Å². The second-order valence-corrected chi connectivity index (χ2v) is 7.68. The molecule has 1 fully saturated rings. The van der Waals surface area contributed by atoms with Gasteiger partial charge >= 0.3 is 0 Å². The molecule has 0 spiro atoms. The van der Waals surface area contributed by atoms with Crippen LogP contribution in [0.4, 0.5) is 5.69 Å². The van der Waals surface area contributed by atoms with Crippen LogP contribution in [-0.2, 0) is 16.1 Å². The van der Waals surface area contributed by atoms with E-state index in [1.165, 1.54) is 4.90 Å². The summed E-state index contributed by atoms with van der Waals surface area (Å²) in [7, 11) is 1.59. The van der Waals surface area contributed by atoms with Gasteiger partial charge in [-0.2, -0.15) is 0 Å². The topological polar surface area (TPSA) is 79.0 Å². The van der Waals surface area contributed by atoms with Gasteiger partial charge in [0.15, 0.2) is 0 Å². The molecule has 0 aromatic heterocycles. The molecule has 2 aliphatic rings. The zero-order valence-electron chi connectivity index (χ0n) is 17.2. The largest absolute Gasteiger partial charge is 0.497 e. The molecule has 1 N–H and O–H groups in total. The van der Waals surface area contributed by atoms with Crippen LogP contribution in [0.5, 0.6) is 5.75 Å². The molecule has 0 radical (unpaired) electrons. The van der Waals surface area contributed by atoms with Crippen molar-refractivity contribution >= 4 is 23.4 Å². The van der Waals surface area contributed by atoms with Crippen molar-refractivity contribution in [2.45, 2.75) is 32.4 Å². The number of carbonyl (C=O) groups excluding carboxylic acids is 3. The van der Waals surface area contributed by atoms with Crippen LogP contribution >= 0.6 is 0 Å². The summed E-state index contributed by atoms with van der Waals surface area (Å²) in [6.45, 7) is 2.63. The van der Waals surface area contributed by atoms with Gasteiger partial charge in [0.1, 0.15) is 18.3 Å². The first kappa shape index (κ1) is 19.9. The number of hydrogen-bond acceptors (Lipinski definition) is 4. The number of rotatable bonds is 5. The van der Waals surface area contributed by atoms with Gasteiger partial charge < -0.3 is 19.9 Å². The third-order valence-corrected chi connectivity index (χ3v) is 5.73. The molecule has 0 aliphatic carbocycles. The van der Waals surface area contributed by atoms with E-state index in [0.717, 1.165) is 17.5 Å². The molecule has 2 heterocycles. The lowest BCUT2D eigenvalue weighted by molar-refractivity contribution is -0.125. The second-order valence-electron chi connectivity index (χ2n) is 7.68. The molecular weight excluding hydrogens is 382 g/mol. The Kier molecular flexibility index (Phi) is 5.44. The summed E-state index contributed by atoms with van der Waals surface area (Å²) in [6.07, 6.45) is 1.42. The van der Waals surface area contributed by atoms with E-state index in [9.17, 15) is 14.4 Å². The number of nitrogens with zero attached hydrogens (tertiary/aromatic N) is 2. The molecular formula is C23H25N3O4. The number of methoxy groups -OCH3 is 1. The van der Waals surface area contributed by atoms with E-state index in [1.807, 2.05) is 43.3 Å². The molecule has 1 saturated heterocycles. The number of ether oxygens (including phenoxy) is 1. The van der Waals surface area contributed by atoms with Gasteiger partial charge in [-0.3, -0.25) is 14.4 Å². The minimum Gasteiger partial charge on any atom is -0.497 e. The first-order valence-electron chi connectivity index (χ1n) is 10.1. The molecule has 1 atom stereocenters. The van der Waals surface area contributed by atoms with Crippen LogP contribution in [0.2, 0.25) is 0 Å². The van der Waals surface area contributed by atoms with E-state index in [2.05, 4.69) is 5.32 Å². The van der Waals surface area contributed by atoms with Crippen molar-refractivity contribution in [1.29, 1.82) is 0 Å². The number of hydrogen-bond donors (Lipinski definition) is 1.